The SMILES string of the molecule is CCOCc1ccc(-c2ccc(OC(=O)c3ccc(C4CCC(OC)CC4)c(F)c3F)cc2)cc1F. The van der Waals surface area contributed by atoms with E-state index in [4.69, 9.17) is 14.2 Å². The van der Waals surface area contributed by atoms with Crippen LogP contribution < -0.4 is 4.74 Å². The Labute approximate surface area is 209 Å². The van der Waals surface area contributed by atoms with E-state index in [9.17, 15) is 18.0 Å². The minimum absolute atomic E-state index is 0.110. The first-order valence-electron chi connectivity index (χ1n) is 12.1. The van der Waals surface area contributed by atoms with E-state index < -0.39 is 23.2 Å². The molecule has 0 amide bonds. The fourth-order valence-electron chi connectivity index (χ4n) is 4.58. The zero-order valence-corrected chi connectivity index (χ0v) is 20.4. The lowest BCUT2D eigenvalue weighted by Gasteiger charge is -2.28. The third kappa shape index (κ3) is 5.79. The highest BCUT2D eigenvalue weighted by Crippen LogP contribution is 2.36. The van der Waals surface area contributed by atoms with E-state index in [-0.39, 0.29) is 35.8 Å². The van der Waals surface area contributed by atoms with Gasteiger partial charge in [-0.15, -0.1) is 0 Å². The van der Waals surface area contributed by atoms with Crippen LogP contribution in [0.4, 0.5) is 13.2 Å². The van der Waals surface area contributed by atoms with Gasteiger partial charge in [-0.1, -0.05) is 30.3 Å². The van der Waals surface area contributed by atoms with Gasteiger partial charge < -0.3 is 14.2 Å². The van der Waals surface area contributed by atoms with Gasteiger partial charge in [0.2, 0.25) is 0 Å². The quantitative estimate of drug-likeness (QED) is 0.243. The van der Waals surface area contributed by atoms with Gasteiger partial charge in [0.15, 0.2) is 11.6 Å². The fourth-order valence-corrected chi connectivity index (χ4v) is 4.58. The smallest absolute Gasteiger partial charge is 0.346 e. The van der Waals surface area contributed by atoms with E-state index in [1.165, 1.54) is 30.3 Å². The molecule has 4 nitrogen and oxygen atoms in total. The maximum Gasteiger partial charge on any atom is 0.346 e. The van der Waals surface area contributed by atoms with E-state index in [1.54, 1.807) is 31.4 Å². The van der Waals surface area contributed by atoms with Crippen molar-refractivity contribution < 1.29 is 32.2 Å². The molecular weight excluding hydrogens is 469 g/mol. The summed E-state index contributed by atoms with van der Waals surface area (Å²) in [5, 5.41) is 0. The molecule has 0 unspecified atom stereocenters. The molecule has 0 N–H and O–H groups in total. The number of rotatable bonds is 8. The number of carbonyl (C=O) groups excluding carboxylic acids is 1. The van der Waals surface area contributed by atoms with Gasteiger partial charge in [-0.2, -0.15) is 0 Å². The van der Waals surface area contributed by atoms with Crippen molar-refractivity contribution in [2.45, 2.75) is 51.2 Å². The molecule has 1 saturated carbocycles. The van der Waals surface area contributed by atoms with E-state index in [0.717, 1.165) is 12.8 Å². The van der Waals surface area contributed by atoms with E-state index in [1.807, 2.05) is 6.92 Å². The molecule has 7 heteroatoms. The van der Waals surface area contributed by atoms with Crippen LogP contribution in [-0.2, 0) is 16.1 Å². The molecule has 3 aromatic carbocycles. The number of methoxy groups -OCH3 is 1. The number of ether oxygens (including phenoxy) is 3. The molecule has 4 rings (SSSR count). The maximum absolute atomic E-state index is 14.8. The predicted molar refractivity (Wildman–Crippen MR) is 130 cm³/mol. The van der Waals surface area contributed by atoms with Gasteiger partial charge >= 0.3 is 5.97 Å². The second kappa shape index (κ2) is 11.7. The highest BCUT2D eigenvalue weighted by Gasteiger charge is 2.28. The molecule has 0 atom stereocenters. The van der Waals surface area contributed by atoms with Crippen LogP contribution in [0.5, 0.6) is 5.75 Å². The Morgan fingerprint density at radius 2 is 1.58 bits per heavy atom. The van der Waals surface area contributed by atoms with Gasteiger partial charge in [-0.3, -0.25) is 0 Å². The van der Waals surface area contributed by atoms with Crippen molar-refractivity contribution in [3.05, 3.63) is 88.7 Å². The molecule has 36 heavy (non-hydrogen) atoms. The molecule has 0 heterocycles. The fraction of sp³-hybridized carbons (Fsp3) is 0.345. The maximum atomic E-state index is 14.8. The Balaban J connectivity index is 1.43. The average Bonchev–Trinajstić information content (AvgIpc) is 2.90. The Kier molecular flexibility index (Phi) is 8.44. The van der Waals surface area contributed by atoms with Gasteiger partial charge in [0, 0.05) is 19.3 Å². The zero-order chi connectivity index (χ0) is 25.7. The summed E-state index contributed by atoms with van der Waals surface area (Å²) in [6.07, 6.45) is 3.11. The van der Waals surface area contributed by atoms with Crippen molar-refractivity contribution in [2.24, 2.45) is 0 Å². The lowest BCUT2D eigenvalue weighted by atomic mass is 9.82. The van der Waals surface area contributed by atoms with Crippen molar-refractivity contribution >= 4 is 5.97 Å². The lowest BCUT2D eigenvalue weighted by Crippen LogP contribution is -2.20. The molecule has 0 saturated heterocycles. The number of esters is 1. The third-order valence-corrected chi connectivity index (χ3v) is 6.69. The molecule has 0 aromatic heterocycles. The molecule has 0 bridgehead atoms. The van der Waals surface area contributed by atoms with Crippen LogP contribution in [0.1, 0.15) is 60.0 Å². The highest BCUT2D eigenvalue weighted by molar-refractivity contribution is 5.91. The monoisotopic (exact) mass is 498 g/mol. The van der Waals surface area contributed by atoms with Crippen LogP contribution >= 0.6 is 0 Å². The van der Waals surface area contributed by atoms with Crippen molar-refractivity contribution in [1.29, 1.82) is 0 Å². The molecular formula is C29H29F3O4. The van der Waals surface area contributed by atoms with E-state index >= 15 is 0 Å². The van der Waals surface area contributed by atoms with Gasteiger partial charge in [0.25, 0.3) is 0 Å². The summed E-state index contributed by atoms with van der Waals surface area (Å²) >= 11 is 0. The Morgan fingerprint density at radius 3 is 2.22 bits per heavy atom. The average molecular weight is 499 g/mol. The van der Waals surface area contributed by atoms with Gasteiger partial charge in [0.1, 0.15) is 11.6 Å². The number of carbonyl (C=O) groups is 1. The van der Waals surface area contributed by atoms with Crippen molar-refractivity contribution in [3.8, 4) is 16.9 Å². The molecule has 3 aromatic rings. The number of benzene rings is 3. The Hall–Kier alpha value is -3.16. The zero-order valence-electron chi connectivity index (χ0n) is 20.4. The van der Waals surface area contributed by atoms with Crippen LogP contribution in [0.25, 0.3) is 11.1 Å². The van der Waals surface area contributed by atoms with Crippen LogP contribution in [0.3, 0.4) is 0 Å². The standard InChI is InChI=1S/C29H29F3O4/c1-3-35-17-21-5-4-20(16-26(21)30)18-6-12-23(13-7-18)36-29(33)25-15-14-24(27(31)28(25)32)19-8-10-22(34-2)11-9-19/h4-7,12-16,19,22H,3,8-11,17H2,1-2H3. The molecule has 1 fully saturated rings. The number of hydrogen-bond acceptors (Lipinski definition) is 4. The first-order chi connectivity index (χ1) is 17.4. The molecule has 1 aliphatic rings. The van der Waals surface area contributed by atoms with E-state index in [2.05, 4.69) is 0 Å². The number of halogens is 3. The van der Waals surface area contributed by atoms with Crippen LogP contribution in [-0.4, -0.2) is 25.8 Å². The summed E-state index contributed by atoms with van der Waals surface area (Å²) in [6.45, 7) is 2.54. The van der Waals surface area contributed by atoms with Gasteiger partial charge in [-0.25, -0.2) is 18.0 Å². The first kappa shape index (κ1) is 25.9. The summed E-state index contributed by atoms with van der Waals surface area (Å²) in [7, 11) is 1.65. The van der Waals surface area contributed by atoms with Crippen LogP contribution in [0.15, 0.2) is 54.6 Å². The van der Waals surface area contributed by atoms with Crippen molar-refractivity contribution in [2.75, 3.05) is 13.7 Å². The van der Waals surface area contributed by atoms with Crippen LogP contribution in [0.2, 0.25) is 0 Å². The first-order valence-corrected chi connectivity index (χ1v) is 12.1. The lowest BCUT2D eigenvalue weighted by molar-refractivity contribution is 0.0654. The molecule has 0 aliphatic heterocycles. The normalized spacial score (nSPS) is 17.7. The largest absolute Gasteiger partial charge is 0.423 e. The highest BCUT2D eigenvalue weighted by atomic mass is 19.2. The van der Waals surface area contributed by atoms with Crippen LogP contribution in [0, 0.1) is 17.5 Å². The van der Waals surface area contributed by atoms with E-state index in [0.29, 0.717) is 36.1 Å². The summed E-state index contributed by atoms with van der Waals surface area (Å²) in [5.41, 5.74) is 1.64. The number of hydrogen-bond donors (Lipinski definition) is 0. The Bertz CT molecular complexity index is 1200. The van der Waals surface area contributed by atoms with Gasteiger partial charge in [-0.05, 0) is 79.5 Å². The third-order valence-electron chi connectivity index (χ3n) is 6.69. The summed E-state index contributed by atoms with van der Waals surface area (Å²) in [5.74, 6) is -3.51. The summed E-state index contributed by atoms with van der Waals surface area (Å²) in [4.78, 5) is 12.6. The van der Waals surface area contributed by atoms with Crippen molar-refractivity contribution in [3.63, 3.8) is 0 Å². The minimum atomic E-state index is -1.20. The topological polar surface area (TPSA) is 44.8 Å². The second-order valence-corrected chi connectivity index (χ2v) is 8.90. The molecule has 0 spiro atoms. The summed E-state index contributed by atoms with van der Waals surface area (Å²) in [6, 6.07) is 14.0. The minimum Gasteiger partial charge on any atom is -0.423 e. The second-order valence-electron chi connectivity index (χ2n) is 8.90. The molecule has 0 radical (unpaired) electrons. The summed E-state index contributed by atoms with van der Waals surface area (Å²) < 4.78 is 59.8. The molecule has 190 valence electrons. The Morgan fingerprint density at radius 1 is 0.889 bits per heavy atom. The predicted octanol–water partition coefficient (Wildman–Crippen LogP) is 7.20. The molecule has 1 aliphatic carbocycles. The van der Waals surface area contributed by atoms with Gasteiger partial charge in [0.05, 0.1) is 18.3 Å². The van der Waals surface area contributed by atoms with Crippen molar-refractivity contribution in [1.82, 2.24) is 0 Å².